The molecule has 0 aromatic heterocycles. The fourth-order valence-corrected chi connectivity index (χ4v) is 1.26. The molecule has 0 rings (SSSR count). The highest BCUT2D eigenvalue weighted by Crippen LogP contribution is 1.96. The van der Waals surface area contributed by atoms with Gasteiger partial charge in [0, 0.05) is 13.2 Å². The molecule has 0 aliphatic carbocycles. The molecular weight excluding hydrogens is 282 g/mol. The Bertz CT molecular complexity index is 368. The Morgan fingerprint density at radius 1 is 1.29 bits per heavy atom. The second kappa shape index (κ2) is 11.9. The highest BCUT2D eigenvalue weighted by molar-refractivity contribution is 5.85. The fourth-order valence-electron chi connectivity index (χ4n) is 1.26. The molecule has 0 unspecified atom stereocenters. The van der Waals surface area contributed by atoms with Crippen molar-refractivity contribution in [1.29, 1.82) is 0 Å². The van der Waals surface area contributed by atoms with Gasteiger partial charge in [-0.3, -0.25) is 4.79 Å². The maximum atomic E-state index is 11.5. The maximum absolute atomic E-state index is 11.5. The van der Waals surface area contributed by atoms with Crippen LogP contribution in [-0.2, 0) is 28.6 Å². The third-order valence-electron chi connectivity index (χ3n) is 2.21. The van der Waals surface area contributed by atoms with Gasteiger partial charge in [-0.1, -0.05) is 6.08 Å². The lowest BCUT2D eigenvalue weighted by Crippen LogP contribution is -2.42. The Hall–Kier alpha value is -1.93. The lowest BCUT2D eigenvalue weighted by atomic mass is 10.2. The second-order valence-corrected chi connectivity index (χ2v) is 3.89. The summed E-state index contributed by atoms with van der Waals surface area (Å²) < 4.78 is 14.4. The van der Waals surface area contributed by atoms with Gasteiger partial charge in [-0.2, -0.15) is 0 Å². The van der Waals surface area contributed by atoms with Crippen molar-refractivity contribution in [3.05, 3.63) is 12.2 Å². The van der Waals surface area contributed by atoms with Crippen molar-refractivity contribution in [2.45, 2.75) is 19.4 Å². The largest absolute Gasteiger partial charge is 0.480 e. The summed E-state index contributed by atoms with van der Waals surface area (Å²) in [4.78, 5) is 33.5. The van der Waals surface area contributed by atoms with Gasteiger partial charge in [0.15, 0.2) is 0 Å². The summed E-state index contributed by atoms with van der Waals surface area (Å²) in [5.41, 5.74) is 0. The number of carbonyl (C=O) groups excluding carboxylic acids is 2. The number of carboxylic acids is 1. The molecular formula is C13H21NO7. The Kier molecular flexibility index (Phi) is 10.8. The summed E-state index contributed by atoms with van der Waals surface area (Å²) >= 11 is 0. The van der Waals surface area contributed by atoms with Crippen molar-refractivity contribution < 1.29 is 33.7 Å². The number of nitrogens with one attached hydrogen (secondary N) is 1. The van der Waals surface area contributed by atoms with Crippen LogP contribution < -0.4 is 5.32 Å². The van der Waals surface area contributed by atoms with Crippen LogP contribution in [0.15, 0.2) is 12.2 Å². The van der Waals surface area contributed by atoms with Gasteiger partial charge in [-0.15, -0.1) is 0 Å². The smallest absolute Gasteiger partial charge is 0.330 e. The van der Waals surface area contributed by atoms with E-state index in [2.05, 4.69) is 10.1 Å². The minimum Gasteiger partial charge on any atom is -0.480 e. The number of aliphatic carboxylic acids is 1. The van der Waals surface area contributed by atoms with E-state index in [9.17, 15) is 14.4 Å². The van der Waals surface area contributed by atoms with Crippen LogP contribution in [0.2, 0.25) is 0 Å². The van der Waals surface area contributed by atoms with Gasteiger partial charge < -0.3 is 24.6 Å². The number of ether oxygens (including phenoxy) is 3. The van der Waals surface area contributed by atoms with Crippen molar-refractivity contribution in [3.8, 4) is 0 Å². The molecule has 0 radical (unpaired) electrons. The van der Waals surface area contributed by atoms with Gasteiger partial charge in [0.25, 0.3) is 0 Å². The lowest BCUT2D eigenvalue weighted by Gasteiger charge is -2.12. The Balaban J connectivity index is 4.15. The predicted octanol–water partition coefficient (Wildman–Crippen LogP) is -0.272. The highest BCUT2D eigenvalue weighted by atomic mass is 16.5. The van der Waals surface area contributed by atoms with Crippen LogP contribution in [-0.4, -0.2) is 62.5 Å². The SMILES string of the molecule is CCOC(=O)/C=C/C[C@H](NC(=O)COCCOC)C(=O)O. The van der Waals surface area contributed by atoms with Crippen molar-refractivity contribution in [2.24, 2.45) is 0 Å². The Morgan fingerprint density at radius 3 is 2.57 bits per heavy atom. The van der Waals surface area contributed by atoms with E-state index in [1.807, 2.05) is 0 Å². The van der Waals surface area contributed by atoms with Crippen molar-refractivity contribution in [3.63, 3.8) is 0 Å². The molecule has 0 spiro atoms. The third-order valence-corrected chi connectivity index (χ3v) is 2.21. The first-order valence-corrected chi connectivity index (χ1v) is 6.43. The summed E-state index contributed by atoms with van der Waals surface area (Å²) in [5.74, 6) is -2.31. The first kappa shape index (κ1) is 19.1. The van der Waals surface area contributed by atoms with Crippen molar-refractivity contribution in [1.82, 2.24) is 5.32 Å². The van der Waals surface area contributed by atoms with E-state index >= 15 is 0 Å². The number of esters is 1. The Labute approximate surface area is 123 Å². The van der Waals surface area contributed by atoms with E-state index in [1.54, 1.807) is 6.92 Å². The molecule has 0 aromatic carbocycles. The van der Waals surface area contributed by atoms with Gasteiger partial charge in [0.05, 0.1) is 19.8 Å². The van der Waals surface area contributed by atoms with Gasteiger partial charge in [0.1, 0.15) is 12.6 Å². The number of hydrogen-bond donors (Lipinski definition) is 2. The minimum atomic E-state index is -1.20. The molecule has 0 heterocycles. The molecule has 1 atom stereocenters. The zero-order valence-electron chi connectivity index (χ0n) is 12.2. The zero-order valence-corrected chi connectivity index (χ0v) is 12.2. The molecule has 1 amide bonds. The molecule has 0 saturated heterocycles. The van der Waals surface area contributed by atoms with E-state index in [-0.39, 0.29) is 26.2 Å². The summed E-state index contributed by atoms with van der Waals surface area (Å²) in [6.45, 7) is 2.23. The number of hydrogen-bond acceptors (Lipinski definition) is 6. The normalized spacial score (nSPS) is 12.1. The molecule has 0 aliphatic heterocycles. The number of rotatable bonds is 11. The molecule has 0 fully saturated rings. The molecule has 8 nitrogen and oxygen atoms in total. The quantitative estimate of drug-likeness (QED) is 0.307. The summed E-state index contributed by atoms with van der Waals surface area (Å²) in [7, 11) is 1.50. The van der Waals surface area contributed by atoms with Crippen molar-refractivity contribution in [2.75, 3.05) is 33.5 Å². The first-order valence-electron chi connectivity index (χ1n) is 6.43. The third kappa shape index (κ3) is 10.5. The standard InChI is InChI=1S/C13H21NO7/c1-3-21-12(16)6-4-5-10(13(17)18)14-11(15)9-20-8-7-19-2/h4,6,10H,3,5,7-9H2,1-2H3,(H,14,15)(H,17,18)/b6-4+/t10-/m0/s1. The number of carboxylic acid groups (broad SMARTS) is 1. The van der Waals surface area contributed by atoms with Crippen LogP contribution in [0.1, 0.15) is 13.3 Å². The Morgan fingerprint density at radius 2 is 2.00 bits per heavy atom. The molecule has 120 valence electrons. The van der Waals surface area contributed by atoms with E-state index in [1.165, 1.54) is 13.2 Å². The van der Waals surface area contributed by atoms with Crippen LogP contribution in [0.4, 0.5) is 0 Å². The summed E-state index contributed by atoms with van der Waals surface area (Å²) in [6, 6.07) is -1.13. The average Bonchev–Trinajstić information content (AvgIpc) is 2.42. The minimum absolute atomic E-state index is 0.0298. The molecule has 2 N–H and O–H groups in total. The summed E-state index contributed by atoms with van der Waals surface area (Å²) in [5, 5.41) is 11.3. The number of carbonyl (C=O) groups is 3. The van der Waals surface area contributed by atoms with Gasteiger partial charge in [-0.05, 0) is 13.3 Å². The van der Waals surface area contributed by atoms with Crippen LogP contribution in [0.5, 0.6) is 0 Å². The molecule has 8 heteroatoms. The van der Waals surface area contributed by atoms with Crippen LogP contribution >= 0.6 is 0 Å². The van der Waals surface area contributed by atoms with Gasteiger partial charge in [-0.25, -0.2) is 9.59 Å². The first-order chi connectivity index (χ1) is 10.0. The zero-order chi connectivity index (χ0) is 16.1. The van der Waals surface area contributed by atoms with E-state index < -0.39 is 23.9 Å². The van der Waals surface area contributed by atoms with E-state index in [0.29, 0.717) is 6.61 Å². The average molecular weight is 303 g/mol. The van der Waals surface area contributed by atoms with Crippen LogP contribution in [0, 0.1) is 0 Å². The monoisotopic (exact) mass is 303 g/mol. The molecule has 0 aliphatic rings. The summed E-state index contributed by atoms with van der Waals surface area (Å²) in [6.07, 6.45) is 2.43. The van der Waals surface area contributed by atoms with Gasteiger partial charge in [0.2, 0.25) is 5.91 Å². The number of methoxy groups -OCH3 is 1. The molecule has 21 heavy (non-hydrogen) atoms. The highest BCUT2D eigenvalue weighted by Gasteiger charge is 2.18. The molecule has 0 aromatic rings. The lowest BCUT2D eigenvalue weighted by molar-refractivity contribution is -0.142. The van der Waals surface area contributed by atoms with Gasteiger partial charge >= 0.3 is 11.9 Å². The molecule has 0 bridgehead atoms. The predicted molar refractivity (Wildman–Crippen MR) is 72.7 cm³/mol. The maximum Gasteiger partial charge on any atom is 0.330 e. The van der Waals surface area contributed by atoms with Crippen LogP contribution in [0.3, 0.4) is 0 Å². The number of amides is 1. The fraction of sp³-hybridized carbons (Fsp3) is 0.615. The molecule has 0 saturated carbocycles. The van der Waals surface area contributed by atoms with Crippen molar-refractivity contribution >= 4 is 17.8 Å². The van der Waals surface area contributed by atoms with E-state index in [4.69, 9.17) is 14.6 Å². The second-order valence-electron chi connectivity index (χ2n) is 3.89. The topological polar surface area (TPSA) is 111 Å². The van der Waals surface area contributed by atoms with E-state index in [0.717, 1.165) is 6.08 Å². The van der Waals surface area contributed by atoms with Crippen LogP contribution in [0.25, 0.3) is 0 Å².